The zero-order chi connectivity index (χ0) is 93.4. The average Bonchev–Trinajstić information content (AvgIpc) is 1.51. The van der Waals surface area contributed by atoms with Crippen molar-refractivity contribution in [3.63, 3.8) is 0 Å². The Morgan fingerprint density at radius 2 is 0.615 bits per heavy atom. The number of halogens is 6. The first-order valence-corrected chi connectivity index (χ1v) is 48.0. The maximum atomic E-state index is 12.5. The highest BCUT2D eigenvalue weighted by molar-refractivity contribution is 9.11. The van der Waals surface area contributed by atoms with Gasteiger partial charge in [-0.3, -0.25) is 19.9 Å². The topological polar surface area (TPSA) is 131 Å². The molecule has 0 unspecified atom stereocenters. The van der Waals surface area contributed by atoms with Gasteiger partial charge in [-0.1, -0.05) is 247 Å². The third-order valence-corrected chi connectivity index (χ3v) is 28.6. The maximum absolute atomic E-state index is 12.5. The van der Waals surface area contributed by atoms with E-state index in [2.05, 4.69) is 423 Å². The number of benzene rings is 12. The van der Waals surface area contributed by atoms with Gasteiger partial charge in [-0.15, -0.1) is 0 Å². The van der Waals surface area contributed by atoms with E-state index in [9.17, 15) is 5.11 Å². The second kappa shape index (κ2) is 41.6. The molecule has 658 valence electrons. The van der Waals surface area contributed by atoms with Crippen molar-refractivity contribution in [3.05, 3.63) is 448 Å². The van der Waals surface area contributed by atoms with E-state index in [0.29, 0.717) is 0 Å². The lowest BCUT2D eigenvalue weighted by molar-refractivity contribution is 0.00578. The molecule has 1 spiro atoms. The number of hydrogen-bond acceptors (Lipinski definition) is 9. The van der Waals surface area contributed by atoms with E-state index < -0.39 is 5.60 Å². The smallest absolute Gasteiger partial charge is 0.494 e. The van der Waals surface area contributed by atoms with E-state index in [4.69, 9.17) is 24.5 Å². The summed E-state index contributed by atoms with van der Waals surface area (Å²) in [4.78, 5) is 17.6. The molecule has 20 rings (SSSR count). The Labute approximate surface area is 818 Å². The summed E-state index contributed by atoms with van der Waals surface area (Å²) in [5.41, 5.74) is 38.8. The molecule has 16 heteroatoms. The van der Waals surface area contributed by atoms with Crippen LogP contribution in [-0.2, 0) is 20.3 Å². The van der Waals surface area contributed by atoms with Crippen LogP contribution in [0.4, 0.5) is 0 Å². The molecule has 1 fully saturated rings. The zero-order valence-electron chi connectivity index (χ0n) is 76.7. The van der Waals surface area contributed by atoms with Crippen molar-refractivity contribution < 1.29 is 24.6 Å². The van der Waals surface area contributed by atoms with Crippen molar-refractivity contribution >= 4 is 108 Å². The summed E-state index contributed by atoms with van der Waals surface area (Å²) in [6.07, 6.45) is 12.9. The summed E-state index contributed by atoms with van der Waals surface area (Å²) in [6, 6.07) is 88.9. The van der Waals surface area contributed by atoms with E-state index >= 15 is 0 Å². The Kier molecular flexibility index (Phi) is 31.1. The molecule has 4 aromatic heterocycles. The van der Waals surface area contributed by atoms with Gasteiger partial charge in [0.25, 0.3) is 0 Å². The number of aromatic hydroxyl groups is 2. The molecule has 0 radical (unpaired) electrons. The van der Waals surface area contributed by atoms with Crippen molar-refractivity contribution in [3.8, 4) is 78.3 Å². The molecule has 9 nitrogen and oxygen atoms in total. The third kappa shape index (κ3) is 21.2. The number of phenols is 2. The predicted molar refractivity (Wildman–Crippen MR) is 561 cm³/mol. The highest BCUT2D eigenvalue weighted by atomic mass is 79.9. The summed E-state index contributed by atoms with van der Waals surface area (Å²) in [5.74, 6) is -0.153. The molecule has 3 aliphatic carbocycles. The van der Waals surface area contributed by atoms with Gasteiger partial charge in [-0.25, -0.2) is 0 Å². The molecule has 16 aromatic rings. The van der Waals surface area contributed by atoms with Crippen molar-refractivity contribution in [1.82, 2.24) is 19.9 Å². The van der Waals surface area contributed by atoms with E-state index in [0.717, 1.165) is 88.1 Å². The van der Waals surface area contributed by atoms with Gasteiger partial charge >= 0.3 is 7.12 Å². The lowest BCUT2D eigenvalue weighted by Gasteiger charge is -2.32. The molecular weight excluding hydrogens is 2000 g/mol. The number of phenolic OH excluding ortho intramolecular Hbond substituents is 2. The van der Waals surface area contributed by atoms with Crippen LogP contribution < -0.4 is 5.46 Å². The molecule has 0 bridgehead atoms. The fourth-order valence-electron chi connectivity index (χ4n) is 16.3. The summed E-state index contributed by atoms with van der Waals surface area (Å²) in [6.45, 7) is 38.1. The molecular formula is C114H107BBr6N4O5. The van der Waals surface area contributed by atoms with E-state index in [1.807, 2.05) is 73.3 Å². The number of aryl methyl sites for hydroxylation is 14. The lowest BCUT2D eigenvalue weighted by Crippen LogP contribution is -2.41. The van der Waals surface area contributed by atoms with Crippen LogP contribution in [0.5, 0.6) is 11.5 Å². The third-order valence-electron chi connectivity index (χ3n) is 25.5. The molecule has 0 atom stereocenters. The van der Waals surface area contributed by atoms with E-state index in [1.165, 1.54) is 140 Å². The number of hydrogen-bond donors (Lipinski definition) is 3. The van der Waals surface area contributed by atoms with Crippen LogP contribution in [0.3, 0.4) is 0 Å². The number of rotatable bonds is 5. The Morgan fingerprint density at radius 1 is 0.269 bits per heavy atom. The molecule has 3 N–H and O–H groups in total. The zero-order valence-corrected chi connectivity index (χ0v) is 86.2. The Balaban J connectivity index is 0.000000133. The SMILES string of the molecule is Cc1cc(-c2cccnc2)c(C2(O)c3cc(Br)ccc3-c3ccc(Br)cc32)cc1C.Cc1cc(Br)c(-c2cccnc2)cc1C.Cc1cc2c(cc1C)C1(c3cc(Br)ccc3-c3ccc(Br)cc31)c1ncccc1-2.Cc1ccc(-c2cccnc2)cc1C.Cc1ccc(B2OC(C)(C)C(C)(C)O2)cc1C.Cc1ccc(Br)cc1C.Cc1ccccc1C.Oc1ccccc1O. The van der Waals surface area contributed by atoms with Gasteiger partial charge in [0.2, 0.25) is 0 Å². The lowest BCUT2D eigenvalue weighted by atomic mass is 9.72. The van der Waals surface area contributed by atoms with Gasteiger partial charge in [0.1, 0.15) is 5.60 Å². The monoisotopic (exact) mass is 2100 g/mol. The molecule has 1 aliphatic heterocycles. The number of aliphatic hydroxyl groups is 1. The number of nitrogens with zero attached hydrogens (tertiary/aromatic N) is 4. The van der Waals surface area contributed by atoms with Crippen LogP contribution in [0.25, 0.3) is 66.8 Å². The molecule has 0 saturated carbocycles. The molecule has 130 heavy (non-hydrogen) atoms. The molecule has 0 amide bonds. The Morgan fingerprint density at radius 3 is 1.06 bits per heavy atom. The van der Waals surface area contributed by atoms with Gasteiger partial charge in [0.05, 0.1) is 22.3 Å². The summed E-state index contributed by atoms with van der Waals surface area (Å²) in [7, 11) is -0.251. The average molecular weight is 2100 g/mol. The van der Waals surface area contributed by atoms with Crippen LogP contribution >= 0.6 is 95.6 Å². The van der Waals surface area contributed by atoms with E-state index in [1.54, 1.807) is 30.7 Å². The fourth-order valence-corrected chi connectivity index (χ4v) is 18.9. The Hall–Kier alpha value is -10.3. The second-order valence-electron chi connectivity index (χ2n) is 34.8. The van der Waals surface area contributed by atoms with Gasteiger partial charge in [-0.05, 0) is 384 Å². The van der Waals surface area contributed by atoms with Crippen molar-refractivity contribution in [2.75, 3.05) is 0 Å². The fraction of sp³-hybridized carbons (Fsp3) is 0.193. The van der Waals surface area contributed by atoms with E-state index in [-0.39, 0.29) is 35.2 Å². The Bertz CT molecular complexity index is 6620. The number of para-hydroxylation sites is 2. The number of fused-ring (bicyclic) bond motifs is 13. The van der Waals surface area contributed by atoms with Crippen LogP contribution in [0, 0.1) is 96.9 Å². The quantitative estimate of drug-likeness (QED) is 0.114. The first kappa shape index (κ1) is 97.2. The minimum atomic E-state index is -1.28. The van der Waals surface area contributed by atoms with Gasteiger partial charge < -0.3 is 24.6 Å². The first-order valence-electron chi connectivity index (χ1n) is 43.2. The van der Waals surface area contributed by atoms with Crippen LogP contribution in [0.15, 0.2) is 331 Å². The summed E-state index contributed by atoms with van der Waals surface area (Å²) >= 11 is 21.7. The van der Waals surface area contributed by atoms with Gasteiger partial charge in [-0.2, -0.15) is 0 Å². The van der Waals surface area contributed by atoms with Crippen molar-refractivity contribution in [2.45, 2.75) is 147 Å². The molecule has 4 aliphatic rings. The van der Waals surface area contributed by atoms with Crippen molar-refractivity contribution in [1.29, 1.82) is 0 Å². The highest BCUT2D eigenvalue weighted by Crippen LogP contribution is 2.63. The second-order valence-corrected chi connectivity index (χ2v) is 40.2. The molecule has 12 aromatic carbocycles. The van der Waals surface area contributed by atoms with Crippen LogP contribution in [0.1, 0.15) is 145 Å². The predicted octanol–water partition coefficient (Wildman–Crippen LogP) is 31.3. The number of aromatic nitrogens is 4. The first-order chi connectivity index (χ1) is 61.9. The minimum absolute atomic E-state index is 0.0764. The van der Waals surface area contributed by atoms with Gasteiger partial charge in [0, 0.05) is 104 Å². The van der Waals surface area contributed by atoms with Crippen molar-refractivity contribution in [2.24, 2.45) is 0 Å². The summed E-state index contributed by atoms with van der Waals surface area (Å²) < 4.78 is 18.4. The summed E-state index contributed by atoms with van der Waals surface area (Å²) in [5, 5.41) is 29.8. The van der Waals surface area contributed by atoms with Crippen LogP contribution in [0.2, 0.25) is 0 Å². The van der Waals surface area contributed by atoms with Gasteiger partial charge in [0.15, 0.2) is 11.5 Å². The number of pyridine rings is 4. The largest absolute Gasteiger partial charge is 0.504 e. The molecule has 1 saturated heterocycles. The minimum Gasteiger partial charge on any atom is -0.504 e. The highest BCUT2D eigenvalue weighted by Gasteiger charge is 2.54. The molecule has 5 heterocycles. The normalized spacial score (nSPS) is 13.3. The van der Waals surface area contributed by atoms with Crippen LogP contribution in [-0.4, -0.2) is 53.6 Å². The standard InChI is InChI=1S/C26H19Br2NO.C26H17Br2N.C14H21BO2.C13H12BrN.C13H13N.C8H9Br.C8H10.C6H6O2/c1-15-10-22(17-4-3-9-29-14-17)23(11-16(15)2)26(30)24-12-18(27)5-7-20(24)21-8-6-19(28)13-25(21)26;1-14-10-21-20-4-3-9-29-25(20)26(22(21)11-15(14)2)23-12-16(27)5-7-18(23)19-8-6-17(28)13-24(19)26;1-10-7-8-12(9-11(10)2)15-16-13(3,4)14(5,6)17-15;1-9-6-12(13(14)7-10(9)2)11-4-3-5-15-8-11;1-10-5-6-12(8-11(10)2)13-4-3-7-14-9-13;1-6-3-4-8(9)5-7(6)2;1-7-5-3-4-6-8(7)2;7-5-3-1-2-4-6(5)8/h3-14,30H,1-2H3;3-13H,1-2H3;7-9H,1-6H3;3-8H,1-2H3;3-9H,1-2H3;3-5H,1-2H3;3-6H,1-2H3;1-4,7-8H. The maximum Gasteiger partial charge on any atom is 0.494 e.